The standard InChI is InChI=1S/C19H26N4O3S/c1-14(13-22-10-8-20-15(22)2)12-21-19(24)17-6-7-18-16(11-17)5-4-9-23(18)27(3,25)26/h6-8,10-11,14H,4-5,9,12-13H2,1-3H3,(H,21,24)/t14-/m1/s1. The Labute approximate surface area is 160 Å². The van der Waals surface area contributed by atoms with Gasteiger partial charge in [0.05, 0.1) is 11.9 Å². The smallest absolute Gasteiger partial charge is 0.251 e. The molecule has 1 aliphatic heterocycles. The van der Waals surface area contributed by atoms with Crippen LogP contribution in [-0.4, -0.2) is 43.2 Å². The first-order valence-corrected chi connectivity index (χ1v) is 11.0. The molecule has 2 heterocycles. The number of carbonyl (C=O) groups is 1. The van der Waals surface area contributed by atoms with Gasteiger partial charge in [0.2, 0.25) is 10.0 Å². The van der Waals surface area contributed by atoms with Crippen molar-refractivity contribution in [3.8, 4) is 0 Å². The topological polar surface area (TPSA) is 84.3 Å². The van der Waals surface area contributed by atoms with E-state index in [1.54, 1.807) is 18.3 Å². The highest BCUT2D eigenvalue weighted by molar-refractivity contribution is 7.92. The van der Waals surface area contributed by atoms with Crippen molar-refractivity contribution >= 4 is 21.6 Å². The summed E-state index contributed by atoms with van der Waals surface area (Å²) < 4.78 is 27.4. The number of nitrogens with one attached hydrogen (secondary N) is 1. The Balaban J connectivity index is 1.65. The lowest BCUT2D eigenvalue weighted by molar-refractivity contribution is 0.0946. The van der Waals surface area contributed by atoms with Crippen LogP contribution in [-0.2, 0) is 23.0 Å². The second-order valence-electron chi connectivity index (χ2n) is 7.22. The van der Waals surface area contributed by atoms with Crippen LogP contribution in [0, 0.1) is 12.8 Å². The van der Waals surface area contributed by atoms with Crippen LogP contribution in [0.5, 0.6) is 0 Å². The van der Waals surface area contributed by atoms with E-state index in [0.29, 0.717) is 24.3 Å². The molecule has 1 aromatic carbocycles. The Hall–Kier alpha value is -2.35. The molecule has 0 radical (unpaired) electrons. The van der Waals surface area contributed by atoms with Gasteiger partial charge >= 0.3 is 0 Å². The van der Waals surface area contributed by atoms with Crippen molar-refractivity contribution in [2.45, 2.75) is 33.2 Å². The Bertz CT molecular complexity index is 936. The zero-order chi connectivity index (χ0) is 19.6. The van der Waals surface area contributed by atoms with Crippen molar-refractivity contribution in [2.24, 2.45) is 5.92 Å². The van der Waals surface area contributed by atoms with Crippen LogP contribution >= 0.6 is 0 Å². The van der Waals surface area contributed by atoms with E-state index < -0.39 is 10.0 Å². The maximum atomic E-state index is 12.5. The van der Waals surface area contributed by atoms with Crippen LogP contribution in [0.2, 0.25) is 0 Å². The zero-order valence-electron chi connectivity index (χ0n) is 16.0. The van der Waals surface area contributed by atoms with Crippen molar-refractivity contribution in [2.75, 3.05) is 23.7 Å². The zero-order valence-corrected chi connectivity index (χ0v) is 16.8. The lowest BCUT2D eigenvalue weighted by atomic mass is 10.0. The molecule has 0 unspecified atom stereocenters. The van der Waals surface area contributed by atoms with Crippen LogP contribution in [0.1, 0.15) is 35.1 Å². The number of carbonyl (C=O) groups excluding carboxylic acids is 1. The average Bonchev–Trinajstić information content (AvgIpc) is 3.02. The van der Waals surface area contributed by atoms with Crippen molar-refractivity contribution in [1.29, 1.82) is 0 Å². The summed E-state index contributed by atoms with van der Waals surface area (Å²) in [5, 5.41) is 2.97. The third-order valence-corrected chi connectivity index (χ3v) is 6.04. The highest BCUT2D eigenvalue weighted by Gasteiger charge is 2.24. The highest BCUT2D eigenvalue weighted by Crippen LogP contribution is 2.29. The number of amides is 1. The number of anilines is 1. The van der Waals surface area contributed by atoms with E-state index in [1.807, 2.05) is 19.2 Å². The lowest BCUT2D eigenvalue weighted by Gasteiger charge is -2.29. The van der Waals surface area contributed by atoms with Gasteiger partial charge in [-0.1, -0.05) is 6.92 Å². The van der Waals surface area contributed by atoms with Crippen molar-refractivity contribution in [3.63, 3.8) is 0 Å². The molecule has 1 amide bonds. The van der Waals surface area contributed by atoms with Gasteiger partial charge in [0.25, 0.3) is 5.91 Å². The van der Waals surface area contributed by atoms with Gasteiger partial charge in [0.1, 0.15) is 5.82 Å². The summed E-state index contributed by atoms with van der Waals surface area (Å²) in [6.07, 6.45) is 6.45. The van der Waals surface area contributed by atoms with Crippen molar-refractivity contribution in [3.05, 3.63) is 47.5 Å². The molecule has 146 valence electrons. The van der Waals surface area contributed by atoms with E-state index in [0.717, 1.165) is 30.8 Å². The van der Waals surface area contributed by atoms with Gasteiger partial charge in [-0.25, -0.2) is 13.4 Å². The highest BCUT2D eigenvalue weighted by atomic mass is 32.2. The predicted octanol–water partition coefficient (Wildman–Crippen LogP) is 1.97. The SMILES string of the molecule is Cc1nccn1C[C@H](C)CNC(=O)c1ccc2c(c1)CCCN2S(C)(=O)=O. The first-order valence-electron chi connectivity index (χ1n) is 9.12. The minimum atomic E-state index is -3.30. The number of hydrogen-bond acceptors (Lipinski definition) is 4. The lowest BCUT2D eigenvalue weighted by Crippen LogP contribution is -2.35. The fourth-order valence-corrected chi connectivity index (χ4v) is 4.41. The molecule has 1 aliphatic rings. The Morgan fingerprint density at radius 1 is 1.37 bits per heavy atom. The van der Waals surface area contributed by atoms with Gasteiger partial charge in [-0.3, -0.25) is 9.10 Å². The molecule has 0 bridgehead atoms. The molecule has 0 saturated carbocycles. The molecule has 0 aliphatic carbocycles. The van der Waals surface area contributed by atoms with E-state index >= 15 is 0 Å². The summed E-state index contributed by atoms with van der Waals surface area (Å²) in [5.74, 6) is 1.09. The van der Waals surface area contributed by atoms with Gasteiger partial charge in [0, 0.05) is 37.6 Å². The number of benzene rings is 1. The first kappa shape index (κ1) is 19.4. The largest absolute Gasteiger partial charge is 0.352 e. The van der Waals surface area contributed by atoms with Gasteiger partial charge < -0.3 is 9.88 Å². The maximum absolute atomic E-state index is 12.5. The summed E-state index contributed by atoms with van der Waals surface area (Å²) in [7, 11) is -3.30. The van der Waals surface area contributed by atoms with Gasteiger partial charge in [-0.15, -0.1) is 0 Å². The average molecular weight is 391 g/mol. The predicted molar refractivity (Wildman–Crippen MR) is 105 cm³/mol. The third-order valence-electron chi connectivity index (χ3n) is 4.86. The molecule has 0 fully saturated rings. The normalized spacial score (nSPS) is 15.3. The molecule has 0 spiro atoms. The fourth-order valence-electron chi connectivity index (χ4n) is 3.41. The van der Waals surface area contributed by atoms with Crippen molar-refractivity contribution in [1.82, 2.24) is 14.9 Å². The number of rotatable bonds is 6. The minimum Gasteiger partial charge on any atom is -0.352 e. The number of nitrogens with zero attached hydrogens (tertiary/aromatic N) is 3. The number of aromatic nitrogens is 2. The second kappa shape index (κ2) is 7.72. The van der Waals surface area contributed by atoms with E-state index in [1.165, 1.54) is 10.6 Å². The first-order chi connectivity index (χ1) is 12.8. The molecular weight excluding hydrogens is 364 g/mol. The summed E-state index contributed by atoms with van der Waals surface area (Å²) in [6.45, 7) is 5.87. The van der Waals surface area contributed by atoms with E-state index in [9.17, 15) is 13.2 Å². The monoisotopic (exact) mass is 390 g/mol. The van der Waals surface area contributed by atoms with Crippen LogP contribution in [0.25, 0.3) is 0 Å². The Morgan fingerprint density at radius 3 is 2.81 bits per heavy atom. The fraction of sp³-hybridized carbons (Fsp3) is 0.474. The Morgan fingerprint density at radius 2 is 2.15 bits per heavy atom. The minimum absolute atomic E-state index is 0.136. The number of fused-ring (bicyclic) bond motifs is 1. The van der Waals surface area contributed by atoms with Gasteiger partial charge in [-0.05, 0) is 49.4 Å². The molecule has 2 aromatic rings. The number of aryl methyl sites for hydroxylation is 2. The summed E-state index contributed by atoms with van der Waals surface area (Å²) in [4.78, 5) is 16.7. The number of imidazole rings is 1. The summed E-state index contributed by atoms with van der Waals surface area (Å²) >= 11 is 0. The van der Waals surface area contributed by atoms with Crippen LogP contribution < -0.4 is 9.62 Å². The van der Waals surface area contributed by atoms with Crippen LogP contribution in [0.3, 0.4) is 0 Å². The van der Waals surface area contributed by atoms with E-state index in [-0.39, 0.29) is 11.8 Å². The molecule has 8 heteroatoms. The van der Waals surface area contributed by atoms with Gasteiger partial charge in [-0.2, -0.15) is 0 Å². The molecule has 1 aromatic heterocycles. The van der Waals surface area contributed by atoms with Crippen LogP contribution in [0.15, 0.2) is 30.6 Å². The van der Waals surface area contributed by atoms with Crippen LogP contribution in [0.4, 0.5) is 5.69 Å². The van der Waals surface area contributed by atoms with E-state index in [4.69, 9.17) is 0 Å². The number of sulfonamides is 1. The second-order valence-corrected chi connectivity index (χ2v) is 9.13. The summed E-state index contributed by atoms with van der Waals surface area (Å²) in [6, 6.07) is 5.25. The quantitative estimate of drug-likeness (QED) is 0.817. The molecule has 1 atom stereocenters. The van der Waals surface area contributed by atoms with E-state index in [2.05, 4.69) is 21.8 Å². The molecule has 27 heavy (non-hydrogen) atoms. The Kier molecular flexibility index (Phi) is 5.55. The molecular formula is C19H26N4O3S. The molecule has 7 nitrogen and oxygen atoms in total. The third kappa shape index (κ3) is 4.50. The van der Waals surface area contributed by atoms with Crippen molar-refractivity contribution < 1.29 is 13.2 Å². The molecule has 0 saturated heterocycles. The maximum Gasteiger partial charge on any atom is 0.251 e. The molecule has 3 rings (SSSR count). The van der Waals surface area contributed by atoms with Gasteiger partial charge in [0.15, 0.2) is 0 Å². The number of hydrogen-bond donors (Lipinski definition) is 1. The molecule has 1 N–H and O–H groups in total. The summed E-state index contributed by atoms with van der Waals surface area (Å²) in [5.41, 5.74) is 2.15.